The van der Waals surface area contributed by atoms with E-state index in [1.165, 1.54) is 0 Å². The minimum atomic E-state index is -1.72. The van der Waals surface area contributed by atoms with Crippen LogP contribution in [0.5, 0.6) is 0 Å². The Hall–Kier alpha value is -0.440. The molecule has 0 aliphatic carbocycles. The van der Waals surface area contributed by atoms with Crippen molar-refractivity contribution < 1.29 is 29.3 Å². The maximum atomic E-state index is 11.5. The van der Waals surface area contributed by atoms with Crippen LogP contribution in [0, 0.1) is 0 Å². The van der Waals surface area contributed by atoms with Gasteiger partial charge < -0.3 is 19.7 Å². The highest BCUT2D eigenvalue weighted by Crippen LogP contribution is 2.43. The van der Waals surface area contributed by atoms with Gasteiger partial charge in [0.1, 0.15) is 0 Å². The van der Waals surface area contributed by atoms with Gasteiger partial charge in [0, 0.05) is 11.5 Å². The van der Waals surface area contributed by atoms with Crippen molar-refractivity contribution in [3.8, 4) is 0 Å². The van der Waals surface area contributed by atoms with Gasteiger partial charge in [-0.15, -0.1) is 23.5 Å². The summed E-state index contributed by atoms with van der Waals surface area (Å²) >= 11 is 1.57. The molecule has 2 N–H and O–H groups in total. The molecule has 0 radical (unpaired) electrons. The van der Waals surface area contributed by atoms with Gasteiger partial charge in [0.15, 0.2) is 0 Å². The molecule has 1 aliphatic rings. The lowest BCUT2D eigenvalue weighted by Gasteiger charge is -2.36. The van der Waals surface area contributed by atoms with Crippen LogP contribution < -0.4 is 0 Å². The molecule has 1 rings (SSSR count). The predicted octanol–water partition coefficient (Wildman–Crippen LogP) is -0.0302. The molecule has 1 saturated heterocycles. The van der Waals surface area contributed by atoms with Crippen molar-refractivity contribution in [3.05, 3.63) is 0 Å². The van der Waals surface area contributed by atoms with Gasteiger partial charge in [0.25, 0.3) is 0 Å². The quantitative estimate of drug-likeness (QED) is 0.699. The summed E-state index contributed by atoms with van der Waals surface area (Å²) in [7, 11) is 0. The van der Waals surface area contributed by atoms with E-state index in [4.69, 9.17) is 9.47 Å². The van der Waals surface area contributed by atoms with E-state index in [0.29, 0.717) is 0 Å². The first-order valence-electron chi connectivity index (χ1n) is 5.45. The summed E-state index contributed by atoms with van der Waals surface area (Å²) in [6.07, 6.45) is 0. The number of carbonyl (C=O) groups is 2. The lowest BCUT2D eigenvalue weighted by molar-refractivity contribution is -0.157. The van der Waals surface area contributed by atoms with Crippen molar-refractivity contribution >= 4 is 35.5 Å². The zero-order valence-corrected chi connectivity index (χ0v) is 11.8. The SMILES string of the molecule is CCOC(=O)[C@@]1(O)CS[C@](O)(C(=O)OCC)CS1. The summed E-state index contributed by atoms with van der Waals surface area (Å²) in [6, 6.07) is 0. The highest BCUT2D eigenvalue weighted by molar-refractivity contribution is 8.08. The van der Waals surface area contributed by atoms with E-state index in [2.05, 4.69) is 0 Å². The third-order valence-electron chi connectivity index (χ3n) is 2.20. The number of esters is 2. The van der Waals surface area contributed by atoms with Crippen LogP contribution in [-0.4, -0.2) is 56.7 Å². The number of hydrogen-bond donors (Lipinski definition) is 2. The van der Waals surface area contributed by atoms with Crippen molar-refractivity contribution in [1.29, 1.82) is 0 Å². The molecule has 18 heavy (non-hydrogen) atoms. The van der Waals surface area contributed by atoms with Crippen LogP contribution in [0.15, 0.2) is 0 Å². The summed E-state index contributed by atoms with van der Waals surface area (Å²) in [5.74, 6) is -1.78. The van der Waals surface area contributed by atoms with Gasteiger partial charge in [-0.1, -0.05) is 0 Å². The molecule has 6 nitrogen and oxygen atoms in total. The first-order chi connectivity index (χ1) is 8.38. The van der Waals surface area contributed by atoms with E-state index in [1.54, 1.807) is 13.8 Å². The molecule has 0 aromatic rings. The van der Waals surface area contributed by atoms with Crippen molar-refractivity contribution in [2.75, 3.05) is 24.7 Å². The van der Waals surface area contributed by atoms with Crippen LogP contribution in [0.3, 0.4) is 0 Å². The zero-order valence-electron chi connectivity index (χ0n) is 10.2. The van der Waals surface area contributed by atoms with Crippen LogP contribution in [0.25, 0.3) is 0 Å². The Labute approximate surface area is 113 Å². The number of ether oxygens (including phenoxy) is 2. The van der Waals surface area contributed by atoms with Gasteiger partial charge >= 0.3 is 11.9 Å². The fourth-order valence-corrected chi connectivity index (χ4v) is 3.72. The molecule has 1 heterocycles. The second kappa shape index (κ2) is 6.14. The van der Waals surface area contributed by atoms with E-state index in [0.717, 1.165) is 23.5 Å². The van der Waals surface area contributed by atoms with Gasteiger partial charge in [-0.2, -0.15) is 0 Å². The number of aliphatic hydroxyl groups is 2. The van der Waals surface area contributed by atoms with E-state index in [1.807, 2.05) is 0 Å². The molecule has 0 saturated carbocycles. The summed E-state index contributed by atoms with van der Waals surface area (Å²) < 4.78 is 9.48. The van der Waals surface area contributed by atoms with Crippen LogP contribution in [-0.2, 0) is 19.1 Å². The molecule has 0 amide bonds. The third-order valence-corrected chi connectivity index (χ3v) is 5.27. The molecule has 0 bridgehead atoms. The minimum Gasteiger partial charge on any atom is -0.463 e. The van der Waals surface area contributed by atoms with Crippen LogP contribution in [0.1, 0.15) is 13.8 Å². The Morgan fingerprint density at radius 2 is 1.33 bits per heavy atom. The van der Waals surface area contributed by atoms with Crippen LogP contribution in [0.2, 0.25) is 0 Å². The highest BCUT2D eigenvalue weighted by Gasteiger charge is 2.51. The second-order valence-corrected chi connectivity index (χ2v) is 6.09. The maximum Gasteiger partial charge on any atom is 0.349 e. The van der Waals surface area contributed by atoms with E-state index >= 15 is 0 Å². The van der Waals surface area contributed by atoms with Gasteiger partial charge in [0.2, 0.25) is 9.87 Å². The Morgan fingerprint density at radius 1 is 1.00 bits per heavy atom. The Morgan fingerprint density at radius 3 is 1.56 bits per heavy atom. The van der Waals surface area contributed by atoms with Gasteiger partial charge in [-0.3, -0.25) is 0 Å². The standard InChI is InChI=1S/C10H16O6S2/c1-3-15-7(11)9(13)5-18-10(14,6-17-9)8(12)16-4-2/h13-14H,3-6H2,1-2H3/t9-,10+. The van der Waals surface area contributed by atoms with Crippen molar-refractivity contribution in [2.24, 2.45) is 0 Å². The normalized spacial score (nSPS) is 31.8. The molecule has 0 spiro atoms. The Bertz CT molecular complexity index is 292. The van der Waals surface area contributed by atoms with Gasteiger partial charge in [-0.25, -0.2) is 9.59 Å². The summed E-state index contributed by atoms with van der Waals surface area (Å²) in [5.41, 5.74) is 0. The van der Waals surface area contributed by atoms with Gasteiger partial charge in [-0.05, 0) is 13.8 Å². The minimum absolute atomic E-state index is 0.133. The predicted molar refractivity (Wildman–Crippen MR) is 68.1 cm³/mol. The first-order valence-corrected chi connectivity index (χ1v) is 7.42. The van der Waals surface area contributed by atoms with E-state index in [-0.39, 0.29) is 24.7 Å². The highest BCUT2D eigenvalue weighted by atomic mass is 32.2. The molecule has 1 aliphatic heterocycles. The van der Waals surface area contributed by atoms with E-state index in [9.17, 15) is 19.8 Å². The number of hydrogen-bond acceptors (Lipinski definition) is 8. The zero-order chi connectivity index (χ0) is 13.8. The molecule has 0 unspecified atom stereocenters. The largest absolute Gasteiger partial charge is 0.463 e. The first kappa shape index (κ1) is 15.6. The number of thioether (sulfide) groups is 2. The molecular formula is C10H16O6S2. The lowest BCUT2D eigenvalue weighted by Crippen LogP contribution is -2.51. The summed E-state index contributed by atoms with van der Waals surface area (Å²) in [5, 5.41) is 20.0. The molecule has 0 aromatic heterocycles. The Kier molecular flexibility index (Phi) is 5.32. The fourth-order valence-electron chi connectivity index (χ4n) is 1.24. The average molecular weight is 296 g/mol. The van der Waals surface area contributed by atoms with Crippen LogP contribution >= 0.6 is 23.5 Å². The summed E-state index contributed by atoms with van der Waals surface area (Å²) in [6.45, 7) is 3.59. The lowest BCUT2D eigenvalue weighted by atomic mass is 10.4. The smallest absolute Gasteiger partial charge is 0.349 e. The number of carbonyl (C=O) groups excluding carboxylic acids is 2. The Balaban J connectivity index is 2.64. The molecular weight excluding hydrogens is 280 g/mol. The van der Waals surface area contributed by atoms with Crippen LogP contribution in [0.4, 0.5) is 0 Å². The molecule has 0 aromatic carbocycles. The van der Waals surface area contributed by atoms with Crippen molar-refractivity contribution in [2.45, 2.75) is 23.7 Å². The third kappa shape index (κ3) is 3.31. The van der Waals surface area contributed by atoms with Crippen molar-refractivity contribution in [1.82, 2.24) is 0 Å². The van der Waals surface area contributed by atoms with Crippen molar-refractivity contribution in [3.63, 3.8) is 0 Å². The molecule has 2 atom stereocenters. The maximum absolute atomic E-state index is 11.5. The molecule has 1 fully saturated rings. The number of rotatable bonds is 4. The van der Waals surface area contributed by atoms with Gasteiger partial charge in [0.05, 0.1) is 13.2 Å². The molecule has 104 valence electrons. The second-order valence-electron chi connectivity index (χ2n) is 3.59. The monoisotopic (exact) mass is 296 g/mol. The molecule has 8 heteroatoms. The average Bonchev–Trinajstić information content (AvgIpc) is 2.34. The topological polar surface area (TPSA) is 93.1 Å². The fraction of sp³-hybridized carbons (Fsp3) is 0.800. The summed E-state index contributed by atoms with van der Waals surface area (Å²) in [4.78, 5) is 19.6. The van der Waals surface area contributed by atoms with E-state index < -0.39 is 21.8 Å².